The average Bonchev–Trinajstić information content (AvgIpc) is 2.28. The summed E-state index contributed by atoms with van der Waals surface area (Å²) in [5.74, 6) is 0.956. The number of hydrogen-bond acceptors (Lipinski definition) is 2. The molecule has 2 rings (SSSR count). The summed E-state index contributed by atoms with van der Waals surface area (Å²) in [6.45, 7) is 3.54. The van der Waals surface area contributed by atoms with E-state index in [0.717, 1.165) is 5.92 Å². The van der Waals surface area contributed by atoms with Gasteiger partial charge in [-0.2, -0.15) is 0 Å². The van der Waals surface area contributed by atoms with Crippen molar-refractivity contribution in [2.45, 2.75) is 70.5 Å². The monoisotopic (exact) mass is 210 g/mol. The third-order valence-corrected chi connectivity index (χ3v) is 3.99. The normalized spacial score (nSPS) is 34.2. The summed E-state index contributed by atoms with van der Waals surface area (Å²) in [5.41, 5.74) is 0. The molecule has 0 amide bonds. The van der Waals surface area contributed by atoms with Gasteiger partial charge in [0.1, 0.15) is 0 Å². The van der Waals surface area contributed by atoms with Gasteiger partial charge in [0, 0.05) is 6.04 Å². The maximum absolute atomic E-state index is 3.71. The van der Waals surface area contributed by atoms with Gasteiger partial charge in [-0.1, -0.05) is 19.3 Å². The number of hydrogen-bond donors (Lipinski definition) is 2. The predicted molar refractivity (Wildman–Crippen MR) is 64.8 cm³/mol. The van der Waals surface area contributed by atoms with Crippen LogP contribution in [-0.4, -0.2) is 18.8 Å². The van der Waals surface area contributed by atoms with Gasteiger partial charge in [0.2, 0.25) is 0 Å². The lowest BCUT2D eigenvalue weighted by Crippen LogP contribution is -2.50. The van der Waals surface area contributed by atoms with E-state index in [-0.39, 0.29) is 0 Å². The van der Waals surface area contributed by atoms with Crippen LogP contribution in [0.2, 0.25) is 0 Å². The van der Waals surface area contributed by atoms with Crippen molar-refractivity contribution in [3.05, 3.63) is 0 Å². The molecule has 1 saturated carbocycles. The van der Waals surface area contributed by atoms with E-state index in [1.807, 2.05) is 0 Å². The molecule has 1 aliphatic carbocycles. The van der Waals surface area contributed by atoms with Crippen LogP contribution in [0.15, 0.2) is 0 Å². The molecule has 1 saturated heterocycles. The van der Waals surface area contributed by atoms with Crippen LogP contribution in [0, 0.1) is 5.92 Å². The van der Waals surface area contributed by atoms with Crippen molar-refractivity contribution < 1.29 is 0 Å². The molecule has 2 fully saturated rings. The second kappa shape index (κ2) is 5.86. The highest BCUT2D eigenvalue weighted by atomic mass is 15.1. The molecule has 0 spiro atoms. The third kappa shape index (κ3) is 3.76. The Labute approximate surface area is 94.2 Å². The van der Waals surface area contributed by atoms with Gasteiger partial charge in [0.15, 0.2) is 0 Å². The summed E-state index contributed by atoms with van der Waals surface area (Å²) in [6.07, 6.45) is 11.9. The molecular formula is C13H26N2. The minimum absolute atomic E-state index is 0.593. The quantitative estimate of drug-likeness (QED) is 0.748. The van der Waals surface area contributed by atoms with Crippen molar-refractivity contribution in [1.82, 2.24) is 10.6 Å². The highest BCUT2D eigenvalue weighted by Crippen LogP contribution is 2.23. The van der Waals surface area contributed by atoms with Crippen molar-refractivity contribution >= 4 is 0 Å². The van der Waals surface area contributed by atoms with E-state index < -0.39 is 0 Å². The second-order valence-electron chi connectivity index (χ2n) is 5.46. The smallest absolute Gasteiger partial charge is 0.0573 e. The first-order chi connectivity index (χ1) is 7.34. The Hall–Kier alpha value is -0.0800. The van der Waals surface area contributed by atoms with Crippen LogP contribution in [0.3, 0.4) is 0 Å². The minimum atomic E-state index is 0.593. The van der Waals surface area contributed by atoms with Crippen LogP contribution < -0.4 is 10.6 Å². The van der Waals surface area contributed by atoms with Gasteiger partial charge in [0.25, 0.3) is 0 Å². The maximum atomic E-state index is 3.71. The third-order valence-electron chi connectivity index (χ3n) is 3.99. The molecule has 1 aliphatic heterocycles. The Kier molecular flexibility index (Phi) is 4.45. The van der Waals surface area contributed by atoms with Crippen molar-refractivity contribution in [3.8, 4) is 0 Å². The molecule has 2 nitrogen and oxygen atoms in total. The van der Waals surface area contributed by atoms with Crippen LogP contribution in [0.1, 0.15) is 58.3 Å². The zero-order chi connectivity index (χ0) is 10.5. The van der Waals surface area contributed by atoms with Crippen LogP contribution in [0.5, 0.6) is 0 Å². The summed E-state index contributed by atoms with van der Waals surface area (Å²) in [4.78, 5) is 0. The number of nitrogens with one attached hydrogen (secondary N) is 2. The lowest BCUT2D eigenvalue weighted by Gasteiger charge is -2.31. The highest BCUT2D eigenvalue weighted by molar-refractivity contribution is 4.77. The molecule has 0 radical (unpaired) electrons. The standard InChI is InChI=1S/C13H26N2/c1-11-6-5-9-13(15-11)14-10-12-7-3-2-4-8-12/h11-15H,2-10H2,1H3. The van der Waals surface area contributed by atoms with Gasteiger partial charge in [-0.15, -0.1) is 0 Å². The van der Waals surface area contributed by atoms with E-state index in [0.29, 0.717) is 12.2 Å². The van der Waals surface area contributed by atoms with Gasteiger partial charge in [-0.3, -0.25) is 5.32 Å². The molecule has 2 heteroatoms. The molecule has 88 valence electrons. The Morgan fingerprint density at radius 1 is 1.00 bits per heavy atom. The first-order valence-electron chi connectivity index (χ1n) is 6.84. The molecule has 2 atom stereocenters. The van der Waals surface area contributed by atoms with Crippen molar-refractivity contribution in [3.63, 3.8) is 0 Å². The highest BCUT2D eigenvalue weighted by Gasteiger charge is 2.19. The second-order valence-corrected chi connectivity index (χ2v) is 5.46. The molecule has 1 heterocycles. The van der Waals surface area contributed by atoms with Crippen LogP contribution in [-0.2, 0) is 0 Å². The number of rotatable bonds is 3. The average molecular weight is 210 g/mol. The first kappa shape index (κ1) is 11.4. The summed E-state index contributed by atoms with van der Waals surface area (Å²) < 4.78 is 0. The Morgan fingerprint density at radius 2 is 1.80 bits per heavy atom. The maximum Gasteiger partial charge on any atom is 0.0573 e. The fourth-order valence-corrected chi connectivity index (χ4v) is 3.00. The topological polar surface area (TPSA) is 24.1 Å². The zero-order valence-electron chi connectivity index (χ0n) is 10.1. The summed E-state index contributed by atoms with van der Waals surface area (Å²) >= 11 is 0. The summed E-state index contributed by atoms with van der Waals surface area (Å²) in [5, 5.41) is 7.36. The first-order valence-corrected chi connectivity index (χ1v) is 6.84. The Bertz CT molecular complexity index is 175. The van der Waals surface area contributed by atoms with Crippen molar-refractivity contribution in [1.29, 1.82) is 0 Å². The lowest BCUT2D eigenvalue weighted by atomic mass is 9.89. The number of piperidine rings is 1. The van der Waals surface area contributed by atoms with Crippen LogP contribution >= 0.6 is 0 Å². The fraction of sp³-hybridized carbons (Fsp3) is 1.00. The lowest BCUT2D eigenvalue weighted by molar-refractivity contribution is 0.260. The van der Waals surface area contributed by atoms with E-state index in [1.165, 1.54) is 57.9 Å². The molecule has 2 aliphatic rings. The predicted octanol–water partition coefficient (Wildman–Crippen LogP) is 2.64. The SMILES string of the molecule is CC1CCCC(NCC2CCCCC2)N1. The largest absolute Gasteiger partial charge is 0.302 e. The van der Waals surface area contributed by atoms with Crippen LogP contribution in [0.25, 0.3) is 0 Å². The van der Waals surface area contributed by atoms with E-state index in [1.54, 1.807) is 0 Å². The van der Waals surface area contributed by atoms with Crippen molar-refractivity contribution in [2.24, 2.45) is 5.92 Å². The minimum Gasteiger partial charge on any atom is -0.302 e. The van der Waals surface area contributed by atoms with Gasteiger partial charge in [0.05, 0.1) is 6.17 Å². The zero-order valence-corrected chi connectivity index (χ0v) is 10.1. The van der Waals surface area contributed by atoms with E-state index in [9.17, 15) is 0 Å². The molecule has 0 aromatic heterocycles. The molecule has 2 N–H and O–H groups in total. The molecule has 0 aromatic rings. The molecule has 15 heavy (non-hydrogen) atoms. The Morgan fingerprint density at radius 3 is 2.53 bits per heavy atom. The molecule has 0 aromatic carbocycles. The molecular weight excluding hydrogens is 184 g/mol. The van der Waals surface area contributed by atoms with Gasteiger partial charge in [-0.25, -0.2) is 0 Å². The molecule has 2 unspecified atom stereocenters. The summed E-state index contributed by atoms with van der Waals surface area (Å²) in [7, 11) is 0. The van der Waals surface area contributed by atoms with E-state index >= 15 is 0 Å². The molecule has 0 bridgehead atoms. The van der Waals surface area contributed by atoms with Crippen LogP contribution in [0.4, 0.5) is 0 Å². The van der Waals surface area contributed by atoms with E-state index in [4.69, 9.17) is 0 Å². The van der Waals surface area contributed by atoms with Gasteiger partial charge in [-0.05, 0) is 51.5 Å². The fourth-order valence-electron chi connectivity index (χ4n) is 3.00. The van der Waals surface area contributed by atoms with Gasteiger partial charge < -0.3 is 5.32 Å². The summed E-state index contributed by atoms with van der Waals surface area (Å²) in [6, 6.07) is 0.711. The van der Waals surface area contributed by atoms with Gasteiger partial charge >= 0.3 is 0 Å². The van der Waals surface area contributed by atoms with Crippen molar-refractivity contribution in [2.75, 3.05) is 6.54 Å². The Balaban J connectivity index is 1.63. The van der Waals surface area contributed by atoms with E-state index in [2.05, 4.69) is 17.6 Å².